The van der Waals surface area contributed by atoms with Crippen molar-refractivity contribution in [3.8, 4) is 0 Å². The van der Waals surface area contributed by atoms with E-state index in [1.165, 1.54) is 4.88 Å². The standard InChI is InChI=1S/C16H13N3S/c1-2-5-13(6-3-1)18-16-17-11-10-14(19-16)8-9-15-7-4-12-20-15/h1-12H,(H,17,18,19)/b9-8+. The predicted octanol–water partition coefficient (Wildman–Crippen LogP) is 4.45. The van der Waals surface area contributed by atoms with Crippen molar-refractivity contribution in [2.45, 2.75) is 0 Å². The van der Waals surface area contributed by atoms with E-state index in [2.05, 4.69) is 32.8 Å². The summed E-state index contributed by atoms with van der Waals surface area (Å²) < 4.78 is 0. The lowest BCUT2D eigenvalue weighted by molar-refractivity contribution is 1.15. The Morgan fingerprint density at radius 2 is 1.85 bits per heavy atom. The van der Waals surface area contributed by atoms with Gasteiger partial charge >= 0.3 is 0 Å². The second-order valence-corrected chi connectivity index (χ2v) is 5.12. The van der Waals surface area contributed by atoms with Gasteiger partial charge in [-0.05, 0) is 41.8 Å². The minimum Gasteiger partial charge on any atom is -0.324 e. The van der Waals surface area contributed by atoms with Gasteiger partial charge in [0.25, 0.3) is 0 Å². The summed E-state index contributed by atoms with van der Waals surface area (Å²) in [5.74, 6) is 0.601. The van der Waals surface area contributed by atoms with Crippen LogP contribution >= 0.6 is 11.3 Å². The first-order chi connectivity index (χ1) is 9.90. The van der Waals surface area contributed by atoms with Gasteiger partial charge in [0.05, 0.1) is 5.69 Å². The van der Waals surface area contributed by atoms with E-state index in [9.17, 15) is 0 Å². The highest BCUT2D eigenvalue weighted by atomic mass is 32.1. The number of hydrogen-bond acceptors (Lipinski definition) is 4. The summed E-state index contributed by atoms with van der Waals surface area (Å²) in [5.41, 5.74) is 1.86. The molecular formula is C16H13N3S. The van der Waals surface area contributed by atoms with Crippen LogP contribution in [0.15, 0.2) is 60.1 Å². The molecule has 3 aromatic rings. The molecule has 1 aromatic carbocycles. The topological polar surface area (TPSA) is 37.8 Å². The van der Waals surface area contributed by atoms with Gasteiger partial charge in [0.2, 0.25) is 5.95 Å². The molecule has 4 heteroatoms. The molecule has 2 heterocycles. The second-order valence-electron chi connectivity index (χ2n) is 4.14. The molecule has 1 N–H and O–H groups in total. The highest BCUT2D eigenvalue weighted by Crippen LogP contribution is 2.14. The maximum Gasteiger partial charge on any atom is 0.227 e. The Kier molecular flexibility index (Phi) is 3.85. The van der Waals surface area contributed by atoms with Crippen LogP contribution in [-0.2, 0) is 0 Å². The van der Waals surface area contributed by atoms with Gasteiger partial charge in [-0.1, -0.05) is 24.3 Å². The average Bonchev–Trinajstić information content (AvgIpc) is 3.00. The highest BCUT2D eigenvalue weighted by molar-refractivity contribution is 7.10. The molecule has 0 unspecified atom stereocenters. The largest absolute Gasteiger partial charge is 0.324 e. The molecule has 2 aromatic heterocycles. The molecule has 3 rings (SSSR count). The molecule has 0 saturated heterocycles. The van der Waals surface area contributed by atoms with Crippen LogP contribution in [0.1, 0.15) is 10.6 Å². The van der Waals surface area contributed by atoms with Crippen molar-refractivity contribution < 1.29 is 0 Å². The molecule has 0 radical (unpaired) electrons. The van der Waals surface area contributed by atoms with Crippen LogP contribution in [0.2, 0.25) is 0 Å². The first-order valence-electron chi connectivity index (χ1n) is 6.27. The predicted molar refractivity (Wildman–Crippen MR) is 85.0 cm³/mol. The normalized spacial score (nSPS) is 10.8. The lowest BCUT2D eigenvalue weighted by Crippen LogP contribution is -1.97. The van der Waals surface area contributed by atoms with Gasteiger partial charge in [-0.2, -0.15) is 0 Å². The smallest absolute Gasteiger partial charge is 0.227 e. The summed E-state index contributed by atoms with van der Waals surface area (Å²) in [4.78, 5) is 9.90. The number of nitrogens with zero attached hydrogens (tertiary/aromatic N) is 2. The van der Waals surface area contributed by atoms with Gasteiger partial charge < -0.3 is 5.32 Å². The molecule has 0 atom stereocenters. The number of thiophene rings is 1. The zero-order chi connectivity index (χ0) is 13.6. The molecule has 98 valence electrons. The van der Waals surface area contributed by atoms with Crippen molar-refractivity contribution in [3.05, 3.63) is 70.7 Å². The van der Waals surface area contributed by atoms with E-state index in [0.29, 0.717) is 5.95 Å². The van der Waals surface area contributed by atoms with E-state index < -0.39 is 0 Å². The SMILES string of the molecule is C(=C\c1cccs1)/c1ccnc(Nc2ccccc2)n1. The van der Waals surface area contributed by atoms with E-state index in [1.54, 1.807) is 17.5 Å². The summed E-state index contributed by atoms with van der Waals surface area (Å²) in [7, 11) is 0. The summed E-state index contributed by atoms with van der Waals surface area (Å²) >= 11 is 1.70. The fourth-order valence-corrected chi connectivity index (χ4v) is 2.35. The Morgan fingerprint density at radius 3 is 2.65 bits per heavy atom. The molecule has 0 spiro atoms. The molecule has 0 aliphatic rings. The average molecular weight is 279 g/mol. The van der Waals surface area contributed by atoms with E-state index in [0.717, 1.165) is 11.4 Å². The van der Waals surface area contributed by atoms with Crippen LogP contribution in [0.5, 0.6) is 0 Å². The molecule has 0 saturated carbocycles. The summed E-state index contributed by atoms with van der Waals surface area (Å²) in [6.45, 7) is 0. The van der Waals surface area contributed by atoms with Crippen LogP contribution in [0.3, 0.4) is 0 Å². The van der Waals surface area contributed by atoms with Gasteiger partial charge in [0.1, 0.15) is 0 Å². The third kappa shape index (κ3) is 3.30. The number of aromatic nitrogens is 2. The Morgan fingerprint density at radius 1 is 0.950 bits per heavy atom. The number of hydrogen-bond donors (Lipinski definition) is 1. The van der Waals surface area contributed by atoms with Gasteiger partial charge in [-0.25, -0.2) is 9.97 Å². The lowest BCUT2D eigenvalue weighted by atomic mass is 10.3. The quantitative estimate of drug-likeness (QED) is 0.766. The Bertz CT molecular complexity index is 691. The van der Waals surface area contributed by atoms with Gasteiger partial charge in [0.15, 0.2) is 0 Å². The highest BCUT2D eigenvalue weighted by Gasteiger charge is 1.97. The van der Waals surface area contributed by atoms with Crippen LogP contribution in [0, 0.1) is 0 Å². The van der Waals surface area contributed by atoms with Crippen molar-refractivity contribution in [1.29, 1.82) is 0 Å². The third-order valence-electron chi connectivity index (χ3n) is 2.67. The zero-order valence-electron chi connectivity index (χ0n) is 10.7. The van der Waals surface area contributed by atoms with E-state index >= 15 is 0 Å². The fourth-order valence-electron chi connectivity index (χ4n) is 1.73. The summed E-state index contributed by atoms with van der Waals surface area (Å²) in [6, 6.07) is 15.9. The molecule has 20 heavy (non-hydrogen) atoms. The van der Waals surface area contributed by atoms with Crippen molar-refractivity contribution >= 4 is 35.1 Å². The van der Waals surface area contributed by atoms with Crippen molar-refractivity contribution in [2.24, 2.45) is 0 Å². The number of rotatable bonds is 4. The number of anilines is 2. The van der Waals surface area contributed by atoms with E-state index in [1.807, 2.05) is 48.5 Å². The van der Waals surface area contributed by atoms with Gasteiger partial charge in [0, 0.05) is 16.8 Å². The van der Waals surface area contributed by atoms with Crippen LogP contribution < -0.4 is 5.32 Å². The number of para-hydroxylation sites is 1. The van der Waals surface area contributed by atoms with Crippen LogP contribution in [0.4, 0.5) is 11.6 Å². The van der Waals surface area contributed by atoms with Crippen molar-refractivity contribution in [2.75, 3.05) is 5.32 Å². The molecule has 0 bridgehead atoms. The second kappa shape index (κ2) is 6.12. The molecule has 0 amide bonds. The summed E-state index contributed by atoms with van der Waals surface area (Å²) in [5, 5.41) is 5.24. The van der Waals surface area contributed by atoms with Crippen molar-refractivity contribution in [1.82, 2.24) is 9.97 Å². The van der Waals surface area contributed by atoms with Gasteiger partial charge in [-0.15, -0.1) is 11.3 Å². The third-order valence-corrected chi connectivity index (χ3v) is 3.51. The number of nitrogens with one attached hydrogen (secondary N) is 1. The molecule has 0 aliphatic carbocycles. The Labute approximate surface area is 121 Å². The summed E-state index contributed by atoms with van der Waals surface area (Å²) in [6.07, 6.45) is 5.80. The minimum absolute atomic E-state index is 0.601. The zero-order valence-corrected chi connectivity index (χ0v) is 11.5. The minimum atomic E-state index is 0.601. The van der Waals surface area contributed by atoms with E-state index in [4.69, 9.17) is 0 Å². The first-order valence-corrected chi connectivity index (χ1v) is 7.15. The van der Waals surface area contributed by atoms with Crippen LogP contribution in [-0.4, -0.2) is 9.97 Å². The maximum atomic E-state index is 4.46. The Balaban J connectivity index is 1.76. The monoisotopic (exact) mass is 279 g/mol. The Hall–Kier alpha value is -2.46. The number of benzene rings is 1. The molecule has 0 aliphatic heterocycles. The first kappa shape index (κ1) is 12.6. The lowest BCUT2D eigenvalue weighted by Gasteiger charge is -2.04. The van der Waals surface area contributed by atoms with Crippen LogP contribution in [0.25, 0.3) is 12.2 Å². The molecular weight excluding hydrogens is 266 g/mol. The molecule has 3 nitrogen and oxygen atoms in total. The van der Waals surface area contributed by atoms with Gasteiger partial charge in [-0.3, -0.25) is 0 Å². The van der Waals surface area contributed by atoms with Crippen molar-refractivity contribution in [3.63, 3.8) is 0 Å². The molecule has 0 fully saturated rings. The fraction of sp³-hybridized carbons (Fsp3) is 0. The van der Waals surface area contributed by atoms with E-state index in [-0.39, 0.29) is 0 Å². The maximum absolute atomic E-state index is 4.46.